The minimum atomic E-state index is -0.810. The van der Waals surface area contributed by atoms with Crippen LogP contribution in [-0.4, -0.2) is 30.1 Å². The van der Waals surface area contributed by atoms with Crippen molar-refractivity contribution in [2.24, 2.45) is 5.92 Å². The van der Waals surface area contributed by atoms with Gasteiger partial charge in [-0.25, -0.2) is 0 Å². The highest BCUT2D eigenvalue weighted by Crippen LogP contribution is 2.33. The molecule has 0 aliphatic carbocycles. The minimum Gasteiger partial charge on any atom is -0.481 e. The van der Waals surface area contributed by atoms with Gasteiger partial charge in [-0.2, -0.15) is 0 Å². The highest BCUT2D eigenvalue weighted by Gasteiger charge is 2.27. The van der Waals surface area contributed by atoms with E-state index < -0.39 is 5.97 Å². The number of carbonyl (C=O) groups is 2. The Morgan fingerprint density at radius 2 is 1.91 bits per heavy atom. The number of ether oxygens (including phenoxy) is 1. The molecule has 0 radical (unpaired) electrons. The van der Waals surface area contributed by atoms with Gasteiger partial charge in [0.05, 0.1) is 6.10 Å². The van der Waals surface area contributed by atoms with Gasteiger partial charge in [-0.15, -0.1) is 0 Å². The Morgan fingerprint density at radius 1 is 1.17 bits per heavy atom. The topological polar surface area (TPSA) is 75.6 Å². The highest BCUT2D eigenvalue weighted by atomic mass is 16.5. The first-order valence-corrected chi connectivity index (χ1v) is 8.32. The number of hydrogen-bond donors (Lipinski definition) is 2. The van der Waals surface area contributed by atoms with Crippen molar-refractivity contribution in [1.82, 2.24) is 5.32 Å². The summed E-state index contributed by atoms with van der Waals surface area (Å²) in [5.41, 5.74) is 1.16. The third kappa shape index (κ3) is 6.02. The lowest BCUT2D eigenvalue weighted by molar-refractivity contribution is -0.137. The van der Waals surface area contributed by atoms with Crippen molar-refractivity contribution in [1.29, 1.82) is 0 Å². The summed E-state index contributed by atoms with van der Waals surface area (Å²) in [5.74, 6) is -0.530. The van der Waals surface area contributed by atoms with Gasteiger partial charge in [0.15, 0.2) is 0 Å². The third-order valence-corrected chi connectivity index (χ3v) is 4.18. The molecule has 1 fully saturated rings. The maximum atomic E-state index is 11.9. The molecule has 2 N–H and O–H groups in total. The second-order valence-electron chi connectivity index (χ2n) is 6.01. The number of benzene rings is 1. The first kappa shape index (κ1) is 17.5. The van der Waals surface area contributed by atoms with Gasteiger partial charge in [-0.05, 0) is 31.2 Å². The molecule has 0 bridgehead atoms. The van der Waals surface area contributed by atoms with Gasteiger partial charge in [0.2, 0.25) is 5.91 Å². The zero-order valence-electron chi connectivity index (χ0n) is 13.4. The average molecular weight is 319 g/mol. The van der Waals surface area contributed by atoms with E-state index in [1.165, 1.54) is 0 Å². The van der Waals surface area contributed by atoms with Gasteiger partial charge in [-0.1, -0.05) is 30.3 Å². The normalized spacial score (nSPS) is 20.9. The molecule has 0 aromatic heterocycles. The van der Waals surface area contributed by atoms with E-state index in [9.17, 15) is 9.59 Å². The van der Waals surface area contributed by atoms with E-state index in [4.69, 9.17) is 9.84 Å². The molecule has 1 aliphatic rings. The maximum absolute atomic E-state index is 11.9. The van der Waals surface area contributed by atoms with Gasteiger partial charge in [0, 0.05) is 31.9 Å². The first-order valence-electron chi connectivity index (χ1n) is 8.32. The summed E-state index contributed by atoms with van der Waals surface area (Å²) in [5, 5.41) is 11.5. The van der Waals surface area contributed by atoms with Crippen LogP contribution < -0.4 is 5.32 Å². The summed E-state index contributed by atoms with van der Waals surface area (Å²) in [7, 11) is 0. The van der Waals surface area contributed by atoms with E-state index in [1.807, 2.05) is 18.2 Å². The Bertz CT molecular complexity index is 503. The van der Waals surface area contributed by atoms with Crippen molar-refractivity contribution in [3.63, 3.8) is 0 Å². The zero-order valence-corrected chi connectivity index (χ0v) is 13.4. The number of rotatable bonds is 8. The quantitative estimate of drug-likeness (QED) is 0.722. The smallest absolute Gasteiger partial charge is 0.303 e. The predicted octanol–water partition coefficient (Wildman–Crippen LogP) is 2.92. The van der Waals surface area contributed by atoms with E-state index in [0.717, 1.165) is 25.0 Å². The lowest BCUT2D eigenvalue weighted by Gasteiger charge is -2.32. The van der Waals surface area contributed by atoms with E-state index >= 15 is 0 Å². The van der Waals surface area contributed by atoms with Crippen LogP contribution in [0, 0.1) is 5.92 Å². The fourth-order valence-corrected chi connectivity index (χ4v) is 2.96. The largest absolute Gasteiger partial charge is 0.481 e. The lowest BCUT2D eigenvalue weighted by atomic mass is 9.89. The molecule has 5 nitrogen and oxygen atoms in total. The monoisotopic (exact) mass is 319 g/mol. The van der Waals surface area contributed by atoms with Crippen molar-refractivity contribution in [3.05, 3.63) is 35.9 Å². The zero-order chi connectivity index (χ0) is 16.5. The number of aliphatic carboxylic acids is 1. The van der Waals surface area contributed by atoms with Crippen LogP contribution in [0.25, 0.3) is 0 Å². The minimum absolute atomic E-state index is 0.00669. The lowest BCUT2D eigenvalue weighted by Crippen LogP contribution is -2.35. The fraction of sp³-hybridized carbons (Fsp3) is 0.556. The third-order valence-electron chi connectivity index (χ3n) is 4.18. The number of nitrogens with one attached hydrogen (secondary N) is 1. The van der Waals surface area contributed by atoms with Crippen LogP contribution in [0.1, 0.15) is 50.2 Å². The second kappa shape index (κ2) is 9.30. The number of amides is 1. The second-order valence-corrected chi connectivity index (χ2v) is 6.01. The highest BCUT2D eigenvalue weighted by molar-refractivity contribution is 5.75. The van der Waals surface area contributed by atoms with E-state index in [1.54, 1.807) is 0 Å². The van der Waals surface area contributed by atoms with Gasteiger partial charge in [0.25, 0.3) is 0 Å². The summed E-state index contributed by atoms with van der Waals surface area (Å²) in [4.78, 5) is 22.3. The van der Waals surface area contributed by atoms with E-state index in [0.29, 0.717) is 25.8 Å². The van der Waals surface area contributed by atoms with Gasteiger partial charge < -0.3 is 15.2 Å². The van der Waals surface area contributed by atoms with Crippen molar-refractivity contribution in [3.8, 4) is 0 Å². The SMILES string of the molecule is O=C(O)CCCCC(=O)NCC1CCCOC1c1ccccc1. The average Bonchev–Trinajstić information content (AvgIpc) is 2.58. The number of carboxylic acids is 1. The van der Waals surface area contributed by atoms with Crippen molar-refractivity contribution < 1.29 is 19.4 Å². The number of carboxylic acid groups (broad SMARTS) is 1. The number of unbranched alkanes of at least 4 members (excludes halogenated alkanes) is 1. The van der Waals surface area contributed by atoms with Gasteiger partial charge in [-0.3, -0.25) is 9.59 Å². The van der Waals surface area contributed by atoms with E-state index in [2.05, 4.69) is 17.4 Å². The summed E-state index contributed by atoms with van der Waals surface area (Å²) >= 11 is 0. The van der Waals surface area contributed by atoms with Gasteiger partial charge >= 0.3 is 5.97 Å². The van der Waals surface area contributed by atoms with Crippen molar-refractivity contribution in [2.45, 2.75) is 44.6 Å². The number of hydrogen-bond acceptors (Lipinski definition) is 3. The molecule has 126 valence electrons. The van der Waals surface area contributed by atoms with Crippen LogP contribution in [0.2, 0.25) is 0 Å². The van der Waals surface area contributed by atoms with Crippen LogP contribution in [0.3, 0.4) is 0 Å². The summed E-state index contributed by atoms with van der Waals surface area (Å²) in [6.07, 6.45) is 3.76. The van der Waals surface area contributed by atoms with E-state index in [-0.39, 0.29) is 24.3 Å². The van der Waals surface area contributed by atoms with Crippen molar-refractivity contribution >= 4 is 11.9 Å². The fourth-order valence-electron chi connectivity index (χ4n) is 2.96. The molecule has 1 aromatic carbocycles. The van der Waals surface area contributed by atoms with Crippen LogP contribution in [0.5, 0.6) is 0 Å². The van der Waals surface area contributed by atoms with Crippen LogP contribution in [0.15, 0.2) is 30.3 Å². The van der Waals surface area contributed by atoms with Gasteiger partial charge in [0.1, 0.15) is 0 Å². The molecule has 0 saturated carbocycles. The van der Waals surface area contributed by atoms with Crippen LogP contribution in [0.4, 0.5) is 0 Å². The number of carbonyl (C=O) groups excluding carboxylic acids is 1. The Balaban J connectivity index is 1.76. The Labute approximate surface area is 137 Å². The van der Waals surface area contributed by atoms with Crippen LogP contribution >= 0.6 is 0 Å². The Hall–Kier alpha value is -1.88. The Kier molecular flexibility index (Phi) is 7.07. The first-order chi connectivity index (χ1) is 11.2. The molecule has 23 heavy (non-hydrogen) atoms. The molecular formula is C18H25NO4. The maximum Gasteiger partial charge on any atom is 0.303 e. The molecule has 1 aliphatic heterocycles. The predicted molar refractivity (Wildman–Crippen MR) is 87.0 cm³/mol. The molecule has 5 heteroatoms. The molecule has 0 spiro atoms. The summed E-state index contributed by atoms with van der Waals surface area (Å²) in [6, 6.07) is 10.1. The molecule has 2 unspecified atom stereocenters. The van der Waals surface area contributed by atoms with Crippen LogP contribution in [-0.2, 0) is 14.3 Å². The molecule has 1 saturated heterocycles. The molecular weight excluding hydrogens is 294 g/mol. The molecule has 2 rings (SSSR count). The molecule has 1 aromatic rings. The Morgan fingerprint density at radius 3 is 2.65 bits per heavy atom. The van der Waals surface area contributed by atoms with Crippen molar-refractivity contribution in [2.75, 3.05) is 13.2 Å². The summed E-state index contributed by atoms with van der Waals surface area (Å²) in [6.45, 7) is 1.37. The molecule has 2 atom stereocenters. The molecule has 1 heterocycles. The summed E-state index contributed by atoms with van der Waals surface area (Å²) < 4.78 is 5.92. The standard InChI is InChI=1S/C18H25NO4/c20-16(10-4-5-11-17(21)22)19-13-15-9-6-12-23-18(15)14-7-2-1-3-8-14/h1-3,7-8,15,18H,4-6,9-13H2,(H,19,20)(H,21,22). The molecule has 1 amide bonds.